The fourth-order valence-electron chi connectivity index (χ4n) is 4.15. The SMILES string of the molecule is CC(C)=CC[C@@]1(C(=O)NCCCc2ccccn2)C[C@@H]2CC[C@H]1N2. The van der Waals surface area contributed by atoms with Crippen molar-refractivity contribution in [3.8, 4) is 0 Å². The third kappa shape index (κ3) is 3.69. The number of hydrogen-bond acceptors (Lipinski definition) is 3. The summed E-state index contributed by atoms with van der Waals surface area (Å²) in [6.45, 7) is 4.95. The van der Waals surface area contributed by atoms with E-state index in [1.54, 1.807) is 0 Å². The average Bonchev–Trinajstić information content (AvgIpc) is 3.19. The van der Waals surface area contributed by atoms with Gasteiger partial charge >= 0.3 is 0 Å². The fraction of sp³-hybridized carbons (Fsp3) is 0.600. The van der Waals surface area contributed by atoms with Gasteiger partial charge in [-0.25, -0.2) is 0 Å². The first kappa shape index (κ1) is 17.2. The van der Waals surface area contributed by atoms with E-state index < -0.39 is 0 Å². The van der Waals surface area contributed by atoms with Gasteiger partial charge < -0.3 is 10.6 Å². The molecule has 4 nitrogen and oxygen atoms in total. The van der Waals surface area contributed by atoms with Crippen LogP contribution in [0.5, 0.6) is 0 Å². The Bertz CT molecular complexity index is 594. The highest BCUT2D eigenvalue weighted by Gasteiger charge is 2.54. The largest absolute Gasteiger partial charge is 0.356 e. The maximum absolute atomic E-state index is 13.0. The van der Waals surface area contributed by atoms with Gasteiger partial charge in [0, 0.05) is 30.5 Å². The molecule has 1 aromatic heterocycles. The number of pyridine rings is 1. The molecule has 0 aliphatic carbocycles. The van der Waals surface area contributed by atoms with E-state index in [2.05, 4.69) is 35.5 Å². The number of aryl methyl sites for hydroxylation is 1. The maximum Gasteiger partial charge on any atom is 0.228 e. The van der Waals surface area contributed by atoms with Crippen molar-refractivity contribution in [1.82, 2.24) is 15.6 Å². The highest BCUT2D eigenvalue weighted by atomic mass is 16.2. The Morgan fingerprint density at radius 2 is 2.29 bits per heavy atom. The normalized spacial score (nSPS) is 27.9. The van der Waals surface area contributed by atoms with Crippen LogP contribution in [0.3, 0.4) is 0 Å². The number of carbonyl (C=O) groups is 1. The van der Waals surface area contributed by atoms with Crippen LogP contribution in [0.4, 0.5) is 0 Å². The predicted molar refractivity (Wildman–Crippen MR) is 96.6 cm³/mol. The first-order valence-electron chi connectivity index (χ1n) is 9.18. The van der Waals surface area contributed by atoms with Crippen LogP contribution in [0.2, 0.25) is 0 Å². The van der Waals surface area contributed by atoms with Gasteiger partial charge in [0.25, 0.3) is 0 Å². The van der Waals surface area contributed by atoms with Gasteiger partial charge in [0.05, 0.1) is 5.41 Å². The molecule has 3 rings (SSSR count). The lowest BCUT2D eigenvalue weighted by Crippen LogP contribution is -2.48. The molecule has 0 spiro atoms. The molecule has 2 saturated heterocycles. The third-order valence-electron chi connectivity index (χ3n) is 5.47. The number of nitrogens with zero attached hydrogens (tertiary/aromatic N) is 1. The van der Waals surface area contributed by atoms with Crippen molar-refractivity contribution in [2.75, 3.05) is 6.54 Å². The molecule has 130 valence electrons. The lowest BCUT2D eigenvalue weighted by Gasteiger charge is -2.34. The number of allylic oxidation sites excluding steroid dienone is 2. The average molecular weight is 327 g/mol. The summed E-state index contributed by atoms with van der Waals surface area (Å²) in [7, 11) is 0. The van der Waals surface area contributed by atoms with Gasteiger partial charge in [-0.3, -0.25) is 9.78 Å². The number of fused-ring (bicyclic) bond motifs is 2. The van der Waals surface area contributed by atoms with E-state index in [1.165, 1.54) is 12.0 Å². The molecule has 0 saturated carbocycles. The van der Waals surface area contributed by atoms with E-state index in [-0.39, 0.29) is 11.3 Å². The highest BCUT2D eigenvalue weighted by Crippen LogP contribution is 2.46. The van der Waals surface area contributed by atoms with Crippen LogP contribution in [0.1, 0.15) is 51.6 Å². The summed E-state index contributed by atoms with van der Waals surface area (Å²) in [6.07, 6.45) is 10.1. The first-order chi connectivity index (χ1) is 11.6. The molecule has 2 bridgehead atoms. The number of carbonyl (C=O) groups excluding carboxylic acids is 1. The summed E-state index contributed by atoms with van der Waals surface area (Å²) in [4.78, 5) is 17.3. The minimum atomic E-state index is -0.245. The smallest absolute Gasteiger partial charge is 0.228 e. The molecule has 0 radical (unpaired) electrons. The van der Waals surface area contributed by atoms with Crippen molar-refractivity contribution in [1.29, 1.82) is 0 Å². The quantitative estimate of drug-likeness (QED) is 0.598. The van der Waals surface area contributed by atoms with E-state index >= 15 is 0 Å². The van der Waals surface area contributed by atoms with Crippen LogP contribution in [0.25, 0.3) is 0 Å². The number of rotatable bonds is 7. The second-order valence-electron chi connectivity index (χ2n) is 7.52. The first-order valence-corrected chi connectivity index (χ1v) is 9.18. The number of nitrogens with one attached hydrogen (secondary N) is 2. The van der Waals surface area contributed by atoms with Gasteiger partial charge in [-0.15, -0.1) is 0 Å². The van der Waals surface area contributed by atoms with Crippen molar-refractivity contribution in [3.63, 3.8) is 0 Å². The summed E-state index contributed by atoms with van der Waals surface area (Å²) in [5.74, 6) is 0.237. The van der Waals surface area contributed by atoms with Crippen LogP contribution in [0, 0.1) is 5.41 Å². The minimum absolute atomic E-state index is 0.237. The molecule has 3 heterocycles. The van der Waals surface area contributed by atoms with Gasteiger partial charge in [0.2, 0.25) is 5.91 Å². The van der Waals surface area contributed by atoms with Crippen LogP contribution >= 0.6 is 0 Å². The van der Waals surface area contributed by atoms with Gasteiger partial charge in [-0.1, -0.05) is 17.7 Å². The third-order valence-corrected chi connectivity index (χ3v) is 5.47. The molecule has 1 aromatic rings. The molecule has 2 fully saturated rings. The lowest BCUT2D eigenvalue weighted by molar-refractivity contribution is -0.132. The van der Waals surface area contributed by atoms with Crippen LogP contribution in [0.15, 0.2) is 36.0 Å². The molecule has 0 unspecified atom stereocenters. The van der Waals surface area contributed by atoms with E-state index in [0.717, 1.165) is 44.3 Å². The van der Waals surface area contributed by atoms with Gasteiger partial charge in [-0.2, -0.15) is 0 Å². The molecule has 4 heteroatoms. The maximum atomic E-state index is 13.0. The Hall–Kier alpha value is -1.68. The molecular formula is C20H29N3O. The zero-order valence-corrected chi connectivity index (χ0v) is 14.8. The number of amides is 1. The van der Waals surface area contributed by atoms with E-state index in [4.69, 9.17) is 0 Å². The van der Waals surface area contributed by atoms with Crippen LogP contribution in [-0.2, 0) is 11.2 Å². The molecule has 0 aromatic carbocycles. The van der Waals surface area contributed by atoms with Crippen molar-refractivity contribution in [2.45, 2.75) is 64.5 Å². The van der Waals surface area contributed by atoms with E-state index in [0.29, 0.717) is 12.1 Å². The Labute approximate surface area is 145 Å². The second kappa shape index (κ2) is 7.47. The van der Waals surface area contributed by atoms with Crippen LogP contribution in [-0.4, -0.2) is 29.5 Å². The van der Waals surface area contributed by atoms with Crippen molar-refractivity contribution in [3.05, 3.63) is 41.7 Å². The standard InChI is InChI=1S/C20H29N3O/c1-15(2)10-11-20(14-17-8-9-18(20)23-17)19(24)22-13-5-7-16-6-3-4-12-21-16/h3-4,6,10,12,17-18,23H,5,7-9,11,13-14H2,1-2H3,(H,22,24)/t17-,18+,20+/m0/s1. The predicted octanol–water partition coefficient (Wildman–Crippen LogP) is 3.00. The van der Waals surface area contributed by atoms with Gasteiger partial charge in [0.1, 0.15) is 0 Å². The highest BCUT2D eigenvalue weighted by molar-refractivity contribution is 5.84. The summed E-state index contributed by atoms with van der Waals surface area (Å²) in [5.41, 5.74) is 2.14. The Balaban J connectivity index is 1.55. The Morgan fingerprint density at radius 3 is 2.92 bits per heavy atom. The van der Waals surface area contributed by atoms with E-state index in [9.17, 15) is 4.79 Å². The minimum Gasteiger partial charge on any atom is -0.356 e. The molecule has 2 aliphatic heterocycles. The topological polar surface area (TPSA) is 54.0 Å². The summed E-state index contributed by atoms with van der Waals surface area (Å²) in [6, 6.07) is 6.85. The zero-order chi connectivity index (χ0) is 17.0. The van der Waals surface area contributed by atoms with E-state index in [1.807, 2.05) is 24.4 Å². The molecule has 3 atom stereocenters. The lowest BCUT2D eigenvalue weighted by atomic mass is 9.70. The zero-order valence-electron chi connectivity index (χ0n) is 14.8. The van der Waals surface area contributed by atoms with Crippen molar-refractivity contribution in [2.24, 2.45) is 5.41 Å². The Morgan fingerprint density at radius 1 is 1.42 bits per heavy atom. The number of hydrogen-bond donors (Lipinski definition) is 2. The molecule has 2 aliphatic rings. The van der Waals surface area contributed by atoms with Crippen LogP contribution < -0.4 is 10.6 Å². The second-order valence-corrected chi connectivity index (χ2v) is 7.52. The molecule has 2 N–H and O–H groups in total. The summed E-state index contributed by atoms with van der Waals surface area (Å²) in [5, 5.41) is 6.85. The molecular weight excluding hydrogens is 298 g/mol. The fourth-order valence-corrected chi connectivity index (χ4v) is 4.15. The molecule has 1 amide bonds. The Kier molecular flexibility index (Phi) is 5.34. The van der Waals surface area contributed by atoms with Crippen molar-refractivity contribution < 1.29 is 4.79 Å². The summed E-state index contributed by atoms with van der Waals surface area (Å²) >= 11 is 0. The van der Waals surface area contributed by atoms with Gasteiger partial charge in [-0.05, 0) is 64.5 Å². The van der Waals surface area contributed by atoms with Crippen molar-refractivity contribution >= 4 is 5.91 Å². The summed E-state index contributed by atoms with van der Waals surface area (Å²) < 4.78 is 0. The molecule has 24 heavy (non-hydrogen) atoms. The van der Waals surface area contributed by atoms with Gasteiger partial charge in [0.15, 0.2) is 0 Å². The number of aromatic nitrogens is 1. The monoisotopic (exact) mass is 327 g/mol.